The predicted molar refractivity (Wildman–Crippen MR) is 81.4 cm³/mol. The molecule has 0 aliphatic carbocycles. The Morgan fingerprint density at radius 2 is 1.95 bits per heavy atom. The maximum atomic E-state index is 13.0. The van der Waals surface area contributed by atoms with Crippen LogP contribution in [0.15, 0.2) is 0 Å². The molecule has 2 heterocycles. The number of carboxylic acids is 1. The molecule has 0 saturated carbocycles. The zero-order valence-corrected chi connectivity index (χ0v) is 13.7. The fourth-order valence-electron chi connectivity index (χ4n) is 3.85. The van der Waals surface area contributed by atoms with Crippen molar-refractivity contribution in [2.45, 2.75) is 58.0 Å². The molecule has 0 aromatic rings. The first-order valence-corrected chi connectivity index (χ1v) is 8.06. The number of carboxylic acid groups (broad SMARTS) is 1. The van der Waals surface area contributed by atoms with Gasteiger partial charge in [-0.3, -0.25) is 14.5 Å². The van der Waals surface area contributed by atoms with Crippen LogP contribution in [0.25, 0.3) is 0 Å². The van der Waals surface area contributed by atoms with Gasteiger partial charge in [0.15, 0.2) is 0 Å². The summed E-state index contributed by atoms with van der Waals surface area (Å²) in [6.07, 6.45) is 2.70. The van der Waals surface area contributed by atoms with Gasteiger partial charge in [-0.2, -0.15) is 0 Å². The van der Waals surface area contributed by atoms with E-state index < -0.39 is 17.6 Å². The van der Waals surface area contributed by atoms with Gasteiger partial charge in [0, 0.05) is 6.54 Å². The molecule has 2 fully saturated rings. The van der Waals surface area contributed by atoms with Gasteiger partial charge in [-0.15, -0.1) is 0 Å². The fraction of sp³-hybridized carbons (Fsp3) is 0.812. The second-order valence-corrected chi connectivity index (χ2v) is 6.99. The molecule has 0 unspecified atom stereocenters. The predicted octanol–water partition coefficient (Wildman–Crippen LogP) is 1.14. The molecule has 0 aromatic carbocycles. The highest BCUT2D eigenvalue weighted by atomic mass is 16.4. The number of hydrogen-bond donors (Lipinski definition) is 1. The van der Waals surface area contributed by atoms with Crippen LogP contribution in [0.2, 0.25) is 0 Å². The number of rotatable bonds is 6. The number of ketones is 1. The molecule has 6 heteroatoms. The van der Waals surface area contributed by atoms with E-state index in [1.807, 2.05) is 18.7 Å². The Morgan fingerprint density at radius 1 is 1.27 bits per heavy atom. The number of carbonyl (C=O) groups is 3. The highest BCUT2D eigenvalue weighted by Gasteiger charge is 2.55. The number of amides is 1. The number of likely N-dealkylation sites (tertiary alicyclic amines) is 2. The lowest BCUT2D eigenvalue weighted by molar-refractivity contribution is -0.152. The Balaban J connectivity index is 2.20. The van der Waals surface area contributed by atoms with Crippen molar-refractivity contribution in [2.24, 2.45) is 5.92 Å². The van der Waals surface area contributed by atoms with E-state index in [4.69, 9.17) is 0 Å². The molecule has 2 aliphatic rings. The summed E-state index contributed by atoms with van der Waals surface area (Å²) in [5.74, 6) is -0.777. The second-order valence-electron chi connectivity index (χ2n) is 6.99. The van der Waals surface area contributed by atoms with Gasteiger partial charge in [-0.1, -0.05) is 13.8 Å². The van der Waals surface area contributed by atoms with E-state index in [0.29, 0.717) is 19.4 Å². The number of aliphatic carboxylic acids is 1. The lowest BCUT2D eigenvalue weighted by Crippen LogP contribution is -2.54. The van der Waals surface area contributed by atoms with Crippen LogP contribution < -0.4 is 0 Å². The summed E-state index contributed by atoms with van der Waals surface area (Å²) in [6.45, 7) is 6.94. The summed E-state index contributed by atoms with van der Waals surface area (Å²) in [7, 11) is 0. The van der Waals surface area contributed by atoms with E-state index >= 15 is 0 Å². The average Bonchev–Trinajstić information content (AvgIpc) is 2.93. The van der Waals surface area contributed by atoms with Crippen molar-refractivity contribution < 1.29 is 19.5 Å². The number of carbonyl (C=O) groups excluding carboxylic acids is 2. The summed E-state index contributed by atoms with van der Waals surface area (Å²) in [6, 6.07) is -0.758. The minimum Gasteiger partial charge on any atom is -0.480 e. The van der Waals surface area contributed by atoms with Crippen molar-refractivity contribution >= 4 is 17.7 Å². The van der Waals surface area contributed by atoms with E-state index in [9.17, 15) is 19.5 Å². The quantitative estimate of drug-likeness (QED) is 0.796. The number of nitrogens with zero attached hydrogens (tertiary/aromatic N) is 2. The van der Waals surface area contributed by atoms with Crippen LogP contribution in [0.1, 0.15) is 46.5 Å². The van der Waals surface area contributed by atoms with Gasteiger partial charge in [-0.25, -0.2) is 4.79 Å². The normalized spacial score (nSPS) is 27.1. The van der Waals surface area contributed by atoms with Gasteiger partial charge < -0.3 is 10.0 Å². The van der Waals surface area contributed by atoms with Gasteiger partial charge in [0.2, 0.25) is 5.91 Å². The minimum absolute atomic E-state index is 0.0458. The van der Waals surface area contributed by atoms with Crippen LogP contribution in [0, 0.1) is 5.92 Å². The van der Waals surface area contributed by atoms with E-state index in [2.05, 4.69) is 0 Å². The topological polar surface area (TPSA) is 77.9 Å². The van der Waals surface area contributed by atoms with Gasteiger partial charge in [-0.05, 0) is 45.1 Å². The average molecular weight is 310 g/mol. The SMILES string of the molecule is CC(=O)CN1CCC[C@]12CCN([C@H](CC(C)C)C(=O)O)C2=O. The van der Waals surface area contributed by atoms with Crippen molar-refractivity contribution in [2.75, 3.05) is 19.6 Å². The first kappa shape index (κ1) is 16.9. The van der Waals surface area contributed by atoms with Crippen molar-refractivity contribution in [3.05, 3.63) is 0 Å². The number of hydrogen-bond acceptors (Lipinski definition) is 4. The summed E-state index contributed by atoms with van der Waals surface area (Å²) in [5.41, 5.74) is -0.643. The zero-order chi connectivity index (χ0) is 16.5. The van der Waals surface area contributed by atoms with Crippen LogP contribution in [-0.2, 0) is 14.4 Å². The van der Waals surface area contributed by atoms with E-state index in [-0.39, 0.29) is 24.2 Å². The largest absolute Gasteiger partial charge is 0.480 e. The molecule has 1 spiro atoms. The Morgan fingerprint density at radius 3 is 2.50 bits per heavy atom. The summed E-state index contributed by atoms with van der Waals surface area (Å²) >= 11 is 0. The van der Waals surface area contributed by atoms with Crippen molar-refractivity contribution in [3.8, 4) is 0 Å². The smallest absolute Gasteiger partial charge is 0.326 e. The Labute approximate surface area is 131 Å². The van der Waals surface area contributed by atoms with Crippen LogP contribution in [0.3, 0.4) is 0 Å². The molecule has 2 rings (SSSR count). The molecule has 1 N–H and O–H groups in total. The lowest BCUT2D eigenvalue weighted by Gasteiger charge is -2.34. The molecule has 1 amide bonds. The fourth-order valence-corrected chi connectivity index (χ4v) is 3.85. The molecule has 22 heavy (non-hydrogen) atoms. The maximum absolute atomic E-state index is 13.0. The van der Waals surface area contributed by atoms with E-state index in [0.717, 1.165) is 19.4 Å². The van der Waals surface area contributed by atoms with Gasteiger partial charge in [0.25, 0.3) is 0 Å². The van der Waals surface area contributed by atoms with Crippen LogP contribution in [-0.4, -0.2) is 63.8 Å². The Hall–Kier alpha value is -1.43. The molecule has 0 radical (unpaired) electrons. The van der Waals surface area contributed by atoms with Gasteiger partial charge in [0.1, 0.15) is 17.4 Å². The zero-order valence-electron chi connectivity index (χ0n) is 13.7. The minimum atomic E-state index is -0.935. The van der Waals surface area contributed by atoms with Crippen molar-refractivity contribution in [1.29, 1.82) is 0 Å². The molecule has 0 aromatic heterocycles. The molecular weight excluding hydrogens is 284 g/mol. The standard InChI is InChI=1S/C16H26N2O4/c1-11(2)9-13(14(20)21)18-8-6-16(15(18)22)5-4-7-17(16)10-12(3)19/h11,13H,4-10H2,1-3H3,(H,20,21)/t13-,16-/m1/s1. The summed E-state index contributed by atoms with van der Waals surface area (Å²) < 4.78 is 0. The van der Waals surface area contributed by atoms with Crippen molar-refractivity contribution in [1.82, 2.24) is 9.80 Å². The van der Waals surface area contributed by atoms with E-state index in [1.54, 1.807) is 0 Å². The van der Waals surface area contributed by atoms with Gasteiger partial charge in [0.05, 0.1) is 6.54 Å². The third kappa shape index (κ3) is 3.02. The van der Waals surface area contributed by atoms with Crippen LogP contribution in [0.4, 0.5) is 0 Å². The molecule has 2 saturated heterocycles. The molecular formula is C16H26N2O4. The van der Waals surface area contributed by atoms with Gasteiger partial charge >= 0.3 is 5.97 Å². The molecule has 0 bridgehead atoms. The first-order valence-electron chi connectivity index (χ1n) is 8.06. The Bertz CT molecular complexity index is 477. The van der Waals surface area contributed by atoms with Crippen molar-refractivity contribution in [3.63, 3.8) is 0 Å². The van der Waals surface area contributed by atoms with Crippen LogP contribution >= 0.6 is 0 Å². The maximum Gasteiger partial charge on any atom is 0.326 e. The lowest BCUT2D eigenvalue weighted by atomic mass is 9.93. The first-order chi connectivity index (χ1) is 10.3. The third-order valence-electron chi connectivity index (χ3n) is 4.82. The number of Topliss-reactive ketones (excluding diaryl/α,β-unsaturated/α-hetero) is 1. The highest BCUT2D eigenvalue weighted by molar-refractivity contribution is 5.93. The molecule has 2 aliphatic heterocycles. The second kappa shape index (κ2) is 6.36. The Kier molecular flexibility index (Phi) is 4.90. The summed E-state index contributed by atoms with van der Waals surface area (Å²) in [5, 5.41) is 9.48. The highest BCUT2D eigenvalue weighted by Crippen LogP contribution is 2.39. The molecule has 124 valence electrons. The third-order valence-corrected chi connectivity index (χ3v) is 4.82. The van der Waals surface area contributed by atoms with Crippen LogP contribution in [0.5, 0.6) is 0 Å². The molecule has 2 atom stereocenters. The molecule has 6 nitrogen and oxygen atoms in total. The summed E-state index contributed by atoms with van der Waals surface area (Å²) in [4.78, 5) is 39.5. The monoisotopic (exact) mass is 310 g/mol. The van der Waals surface area contributed by atoms with E-state index in [1.165, 1.54) is 11.8 Å².